The number of hydrogen-bond acceptors (Lipinski definition) is 5. The van der Waals surface area contributed by atoms with Crippen molar-refractivity contribution in [2.24, 2.45) is 5.73 Å². The van der Waals surface area contributed by atoms with Gasteiger partial charge in [0.15, 0.2) is 0 Å². The second-order valence-electron chi connectivity index (χ2n) is 7.70. The number of nitrogens with zero attached hydrogens (tertiary/aromatic N) is 3. The monoisotopic (exact) mass is 376 g/mol. The van der Waals surface area contributed by atoms with E-state index in [4.69, 9.17) is 10.5 Å². The average molecular weight is 376 g/mol. The standard InChI is InChI=1S/C19H22F2N4O2/c20-10-1-2-13(21)12(5-10)18-14(22)6-11(9-27-18)24-7-15-16(8-24)25-4-3-17(26)19(25)23-15/h1-2,5,11,14,17-18,26H,3-4,6-9,22H2/t11?,14-,17?,18+/m0/s1. The summed E-state index contributed by atoms with van der Waals surface area (Å²) in [5.74, 6) is -0.213. The minimum absolute atomic E-state index is 0.102. The van der Waals surface area contributed by atoms with Crippen LogP contribution in [0.2, 0.25) is 0 Å². The summed E-state index contributed by atoms with van der Waals surface area (Å²) in [7, 11) is 0. The highest BCUT2D eigenvalue weighted by molar-refractivity contribution is 5.26. The van der Waals surface area contributed by atoms with Crippen LogP contribution in [0.4, 0.5) is 8.78 Å². The molecule has 5 rings (SSSR count). The number of rotatable bonds is 2. The van der Waals surface area contributed by atoms with Gasteiger partial charge in [-0.2, -0.15) is 0 Å². The summed E-state index contributed by atoms with van der Waals surface area (Å²) in [6.07, 6.45) is 0.254. The van der Waals surface area contributed by atoms with E-state index in [0.717, 1.165) is 42.4 Å². The number of aliphatic hydroxyl groups excluding tert-OH is 1. The molecular weight excluding hydrogens is 354 g/mol. The van der Waals surface area contributed by atoms with Crippen molar-refractivity contribution in [3.8, 4) is 0 Å². The minimum Gasteiger partial charge on any atom is -0.385 e. The highest BCUT2D eigenvalue weighted by Crippen LogP contribution is 2.36. The van der Waals surface area contributed by atoms with Crippen LogP contribution in [0, 0.1) is 11.6 Å². The van der Waals surface area contributed by atoms with Crippen LogP contribution in [0.25, 0.3) is 0 Å². The van der Waals surface area contributed by atoms with Crippen molar-refractivity contribution >= 4 is 0 Å². The Kier molecular flexibility index (Phi) is 4.05. The van der Waals surface area contributed by atoms with Gasteiger partial charge in [-0.15, -0.1) is 0 Å². The van der Waals surface area contributed by atoms with E-state index >= 15 is 0 Å². The Balaban J connectivity index is 1.29. The van der Waals surface area contributed by atoms with Gasteiger partial charge in [0.25, 0.3) is 0 Å². The molecule has 0 radical (unpaired) electrons. The summed E-state index contributed by atoms with van der Waals surface area (Å²) in [6.45, 7) is 2.65. The van der Waals surface area contributed by atoms with Crippen LogP contribution in [0.3, 0.4) is 0 Å². The fourth-order valence-electron chi connectivity index (χ4n) is 4.60. The number of imidazole rings is 1. The van der Waals surface area contributed by atoms with Gasteiger partial charge in [-0.3, -0.25) is 4.90 Å². The third kappa shape index (κ3) is 2.79. The topological polar surface area (TPSA) is 76.5 Å². The first kappa shape index (κ1) is 17.2. The molecule has 0 bridgehead atoms. The Hall–Kier alpha value is -1.87. The zero-order chi connectivity index (χ0) is 18.7. The quantitative estimate of drug-likeness (QED) is 0.836. The van der Waals surface area contributed by atoms with Crippen LogP contribution in [-0.2, 0) is 24.4 Å². The molecule has 8 heteroatoms. The van der Waals surface area contributed by atoms with E-state index in [9.17, 15) is 13.9 Å². The maximum Gasteiger partial charge on any atom is 0.138 e. The second kappa shape index (κ2) is 6.34. The molecule has 2 aromatic rings. The Labute approximate surface area is 155 Å². The number of aromatic nitrogens is 2. The smallest absolute Gasteiger partial charge is 0.138 e. The molecule has 1 saturated heterocycles. The molecule has 4 atom stereocenters. The first-order valence-corrected chi connectivity index (χ1v) is 9.33. The first-order valence-electron chi connectivity index (χ1n) is 9.33. The molecule has 3 aliphatic heterocycles. The van der Waals surface area contributed by atoms with E-state index in [1.807, 2.05) is 0 Å². The number of aliphatic hydroxyl groups is 1. The largest absolute Gasteiger partial charge is 0.385 e. The molecule has 2 unspecified atom stereocenters. The fraction of sp³-hybridized carbons (Fsp3) is 0.526. The molecule has 0 saturated carbocycles. The van der Waals surface area contributed by atoms with Gasteiger partial charge in [0.05, 0.1) is 18.0 Å². The normalized spacial score (nSPS) is 30.5. The molecule has 6 nitrogen and oxygen atoms in total. The summed E-state index contributed by atoms with van der Waals surface area (Å²) in [5, 5.41) is 9.98. The summed E-state index contributed by atoms with van der Waals surface area (Å²) in [4.78, 5) is 6.88. The lowest BCUT2D eigenvalue weighted by Crippen LogP contribution is -2.47. The Morgan fingerprint density at radius 2 is 2.11 bits per heavy atom. The van der Waals surface area contributed by atoms with Crippen LogP contribution >= 0.6 is 0 Å². The number of ether oxygens (including phenoxy) is 1. The van der Waals surface area contributed by atoms with Crippen molar-refractivity contribution in [2.45, 2.75) is 56.8 Å². The molecule has 144 valence electrons. The van der Waals surface area contributed by atoms with Gasteiger partial charge in [0, 0.05) is 37.3 Å². The molecule has 1 aromatic heterocycles. The third-order valence-electron chi connectivity index (χ3n) is 6.00. The van der Waals surface area contributed by atoms with Crippen LogP contribution < -0.4 is 5.73 Å². The molecule has 0 amide bonds. The molecule has 1 aromatic carbocycles. The number of halogens is 2. The maximum atomic E-state index is 14.1. The Bertz CT molecular complexity index is 887. The molecule has 0 aliphatic carbocycles. The van der Waals surface area contributed by atoms with Gasteiger partial charge in [0.2, 0.25) is 0 Å². The van der Waals surface area contributed by atoms with E-state index in [1.54, 1.807) is 0 Å². The van der Waals surface area contributed by atoms with Gasteiger partial charge < -0.3 is 20.1 Å². The van der Waals surface area contributed by atoms with E-state index < -0.39 is 29.9 Å². The van der Waals surface area contributed by atoms with Crippen molar-refractivity contribution in [1.29, 1.82) is 0 Å². The van der Waals surface area contributed by atoms with Gasteiger partial charge in [-0.1, -0.05) is 0 Å². The SMILES string of the molecule is N[C@H]1CC(N2Cc3nc4n(c3C2)CCC4O)CO[C@@H]1c1cc(F)ccc1F. The zero-order valence-electron chi connectivity index (χ0n) is 14.8. The van der Waals surface area contributed by atoms with Crippen molar-refractivity contribution in [1.82, 2.24) is 14.5 Å². The third-order valence-corrected chi connectivity index (χ3v) is 6.00. The predicted molar refractivity (Wildman–Crippen MR) is 92.5 cm³/mol. The summed E-state index contributed by atoms with van der Waals surface area (Å²) < 4.78 is 35.6. The van der Waals surface area contributed by atoms with E-state index in [2.05, 4.69) is 14.5 Å². The van der Waals surface area contributed by atoms with Crippen molar-refractivity contribution in [3.63, 3.8) is 0 Å². The number of nitrogens with two attached hydrogens (primary N) is 1. The predicted octanol–water partition coefficient (Wildman–Crippen LogP) is 1.77. The lowest BCUT2D eigenvalue weighted by atomic mass is 9.93. The minimum atomic E-state index is -0.641. The van der Waals surface area contributed by atoms with Gasteiger partial charge in [-0.25, -0.2) is 13.8 Å². The van der Waals surface area contributed by atoms with Gasteiger partial charge in [-0.05, 0) is 31.0 Å². The molecule has 27 heavy (non-hydrogen) atoms. The first-order chi connectivity index (χ1) is 13.0. The van der Waals surface area contributed by atoms with Crippen molar-refractivity contribution in [3.05, 3.63) is 52.6 Å². The van der Waals surface area contributed by atoms with E-state index in [1.165, 1.54) is 6.07 Å². The maximum absolute atomic E-state index is 14.1. The van der Waals surface area contributed by atoms with Crippen LogP contribution in [-0.4, -0.2) is 38.2 Å². The second-order valence-corrected chi connectivity index (χ2v) is 7.70. The summed E-state index contributed by atoms with van der Waals surface area (Å²) >= 11 is 0. The van der Waals surface area contributed by atoms with Gasteiger partial charge in [0.1, 0.15) is 29.7 Å². The lowest BCUT2D eigenvalue weighted by Gasteiger charge is -2.38. The molecule has 1 fully saturated rings. The Morgan fingerprint density at radius 1 is 1.26 bits per heavy atom. The lowest BCUT2D eigenvalue weighted by molar-refractivity contribution is -0.0535. The van der Waals surface area contributed by atoms with Gasteiger partial charge >= 0.3 is 0 Å². The number of benzene rings is 1. The molecular formula is C19H22F2N4O2. The van der Waals surface area contributed by atoms with Crippen LogP contribution in [0.1, 0.15) is 47.8 Å². The average Bonchev–Trinajstić information content (AvgIpc) is 3.30. The van der Waals surface area contributed by atoms with Crippen molar-refractivity contribution < 1.29 is 18.6 Å². The molecule has 0 spiro atoms. The van der Waals surface area contributed by atoms with Crippen molar-refractivity contribution in [2.75, 3.05) is 6.61 Å². The fourth-order valence-corrected chi connectivity index (χ4v) is 4.60. The highest BCUT2D eigenvalue weighted by atomic mass is 19.1. The van der Waals surface area contributed by atoms with E-state index in [0.29, 0.717) is 26.0 Å². The van der Waals surface area contributed by atoms with Crippen LogP contribution in [0.15, 0.2) is 18.2 Å². The van der Waals surface area contributed by atoms with E-state index in [-0.39, 0.29) is 11.6 Å². The Morgan fingerprint density at radius 3 is 2.93 bits per heavy atom. The highest BCUT2D eigenvalue weighted by Gasteiger charge is 2.39. The summed E-state index contributed by atoms with van der Waals surface area (Å²) in [6, 6.07) is 3.06. The number of fused-ring (bicyclic) bond motifs is 3. The summed E-state index contributed by atoms with van der Waals surface area (Å²) in [5.41, 5.74) is 8.64. The van der Waals surface area contributed by atoms with Crippen LogP contribution in [0.5, 0.6) is 0 Å². The molecule has 4 heterocycles. The number of hydrogen-bond donors (Lipinski definition) is 2. The molecule has 3 aliphatic rings. The zero-order valence-corrected chi connectivity index (χ0v) is 14.8. The molecule has 3 N–H and O–H groups in total.